The average Bonchev–Trinajstić information content (AvgIpc) is 2.35. The molecule has 0 aliphatic rings. The highest BCUT2D eigenvalue weighted by atomic mass is 19.4. The monoisotopic (exact) mass is 254 g/mol. The third-order valence-corrected chi connectivity index (χ3v) is 3.01. The van der Waals surface area contributed by atoms with E-state index in [1.165, 1.54) is 12.1 Å². The Bertz CT molecular complexity index is 560. The van der Waals surface area contributed by atoms with Crippen LogP contribution in [0.5, 0.6) is 0 Å². The maximum Gasteiger partial charge on any atom is 0.417 e. The van der Waals surface area contributed by atoms with Crippen LogP contribution in [0.4, 0.5) is 13.2 Å². The molecule has 0 fully saturated rings. The van der Waals surface area contributed by atoms with Gasteiger partial charge in [0.2, 0.25) is 0 Å². The van der Waals surface area contributed by atoms with Crippen LogP contribution >= 0.6 is 0 Å². The standard InChI is InChI=1S/C14H13F3O/c1-2-13(18)11-7-3-6-10-9(11)5-4-8-12(10)14(15,16)17/h3-8,13,18H,2H2,1H3. The molecule has 0 spiro atoms. The Hall–Kier alpha value is -1.55. The summed E-state index contributed by atoms with van der Waals surface area (Å²) in [7, 11) is 0. The molecule has 0 bridgehead atoms. The van der Waals surface area contributed by atoms with Crippen LogP contribution in [0.25, 0.3) is 10.8 Å². The normalized spacial score (nSPS) is 13.8. The van der Waals surface area contributed by atoms with Gasteiger partial charge in [-0.1, -0.05) is 37.3 Å². The lowest BCUT2D eigenvalue weighted by atomic mass is 9.96. The molecule has 0 aromatic heterocycles. The predicted octanol–water partition coefficient (Wildman–Crippen LogP) is 4.30. The van der Waals surface area contributed by atoms with E-state index in [2.05, 4.69) is 0 Å². The second kappa shape index (κ2) is 4.61. The van der Waals surface area contributed by atoms with E-state index in [9.17, 15) is 18.3 Å². The highest BCUT2D eigenvalue weighted by molar-refractivity contribution is 5.89. The van der Waals surface area contributed by atoms with E-state index in [4.69, 9.17) is 0 Å². The molecule has 1 nitrogen and oxygen atoms in total. The van der Waals surface area contributed by atoms with Crippen molar-refractivity contribution in [2.45, 2.75) is 25.6 Å². The van der Waals surface area contributed by atoms with Gasteiger partial charge in [0.15, 0.2) is 0 Å². The zero-order valence-electron chi connectivity index (χ0n) is 9.83. The second-order valence-electron chi connectivity index (χ2n) is 4.17. The molecule has 0 aliphatic carbocycles. The predicted molar refractivity (Wildman–Crippen MR) is 64.2 cm³/mol. The lowest BCUT2D eigenvalue weighted by Gasteiger charge is -2.15. The number of aliphatic hydroxyl groups excluding tert-OH is 1. The minimum atomic E-state index is -4.38. The molecule has 0 saturated carbocycles. The van der Waals surface area contributed by atoms with Gasteiger partial charge in [-0.3, -0.25) is 0 Å². The fourth-order valence-corrected chi connectivity index (χ4v) is 2.09. The maximum absolute atomic E-state index is 12.9. The topological polar surface area (TPSA) is 20.2 Å². The number of rotatable bonds is 2. The second-order valence-corrected chi connectivity index (χ2v) is 4.17. The smallest absolute Gasteiger partial charge is 0.388 e. The van der Waals surface area contributed by atoms with Crippen LogP contribution in [-0.2, 0) is 6.18 Å². The highest BCUT2D eigenvalue weighted by Gasteiger charge is 2.32. The Labute approximate surface area is 103 Å². The van der Waals surface area contributed by atoms with Crippen molar-refractivity contribution in [2.24, 2.45) is 0 Å². The Morgan fingerprint density at radius 1 is 1.06 bits per heavy atom. The number of alkyl halides is 3. The van der Waals surface area contributed by atoms with Crippen molar-refractivity contribution in [2.75, 3.05) is 0 Å². The van der Waals surface area contributed by atoms with E-state index in [1.54, 1.807) is 25.1 Å². The van der Waals surface area contributed by atoms with Gasteiger partial charge >= 0.3 is 6.18 Å². The van der Waals surface area contributed by atoms with Crippen molar-refractivity contribution in [3.8, 4) is 0 Å². The molecule has 96 valence electrons. The largest absolute Gasteiger partial charge is 0.417 e. The van der Waals surface area contributed by atoms with Crippen LogP contribution < -0.4 is 0 Å². The summed E-state index contributed by atoms with van der Waals surface area (Å²) < 4.78 is 38.6. The van der Waals surface area contributed by atoms with Crippen molar-refractivity contribution in [1.82, 2.24) is 0 Å². The van der Waals surface area contributed by atoms with Crippen molar-refractivity contribution < 1.29 is 18.3 Å². The number of hydrogen-bond donors (Lipinski definition) is 1. The molecule has 18 heavy (non-hydrogen) atoms. The first-order valence-corrected chi connectivity index (χ1v) is 5.72. The molecular formula is C14H13F3O. The molecule has 0 amide bonds. The van der Waals surface area contributed by atoms with Crippen LogP contribution in [-0.4, -0.2) is 5.11 Å². The van der Waals surface area contributed by atoms with Gasteiger partial charge in [-0.15, -0.1) is 0 Å². The summed E-state index contributed by atoms with van der Waals surface area (Å²) in [5.41, 5.74) is -0.119. The third kappa shape index (κ3) is 2.20. The molecule has 0 heterocycles. The molecule has 0 radical (unpaired) electrons. The molecule has 2 aromatic rings. The number of hydrogen-bond acceptors (Lipinski definition) is 1. The average molecular weight is 254 g/mol. The quantitative estimate of drug-likeness (QED) is 0.847. The summed E-state index contributed by atoms with van der Waals surface area (Å²) in [4.78, 5) is 0. The Morgan fingerprint density at radius 2 is 1.67 bits per heavy atom. The molecule has 4 heteroatoms. The summed E-state index contributed by atoms with van der Waals surface area (Å²) in [5, 5.41) is 10.4. The molecule has 1 unspecified atom stereocenters. The summed E-state index contributed by atoms with van der Waals surface area (Å²) in [5.74, 6) is 0. The summed E-state index contributed by atoms with van der Waals surface area (Å²) in [6.07, 6.45) is -4.65. The first-order valence-electron chi connectivity index (χ1n) is 5.72. The van der Waals surface area contributed by atoms with Gasteiger partial charge in [0, 0.05) is 0 Å². The number of halogens is 3. The number of aliphatic hydroxyl groups is 1. The van der Waals surface area contributed by atoms with Crippen molar-refractivity contribution in [1.29, 1.82) is 0 Å². The zero-order chi connectivity index (χ0) is 13.3. The van der Waals surface area contributed by atoms with Gasteiger partial charge in [0.05, 0.1) is 11.7 Å². The Balaban J connectivity index is 2.73. The fourth-order valence-electron chi connectivity index (χ4n) is 2.09. The SMILES string of the molecule is CCC(O)c1cccc2c(C(F)(F)F)cccc12. The molecule has 0 saturated heterocycles. The summed E-state index contributed by atoms with van der Waals surface area (Å²) in [6.45, 7) is 1.79. The van der Waals surface area contributed by atoms with Crippen LogP contribution in [0.3, 0.4) is 0 Å². The Kier molecular flexibility index (Phi) is 3.30. The van der Waals surface area contributed by atoms with Gasteiger partial charge in [-0.25, -0.2) is 0 Å². The zero-order valence-corrected chi connectivity index (χ0v) is 9.83. The van der Waals surface area contributed by atoms with Crippen LogP contribution in [0.1, 0.15) is 30.6 Å². The molecule has 2 aromatic carbocycles. The lowest BCUT2D eigenvalue weighted by Crippen LogP contribution is -2.06. The number of benzene rings is 2. The maximum atomic E-state index is 12.9. The van der Waals surface area contributed by atoms with Crippen LogP contribution in [0.15, 0.2) is 36.4 Å². The first kappa shape index (κ1) is 12.9. The van der Waals surface area contributed by atoms with E-state index < -0.39 is 17.8 Å². The third-order valence-electron chi connectivity index (χ3n) is 3.01. The molecular weight excluding hydrogens is 241 g/mol. The van der Waals surface area contributed by atoms with Crippen molar-refractivity contribution in [3.05, 3.63) is 47.5 Å². The van der Waals surface area contributed by atoms with Gasteiger partial charge in [-0.2, -0.15) is 13.2 Å². The molecule has 1 N–H and O–H groups in total. The Morgan fingerprint density at radius 3 is 2.28 bits per heavy atom. The van der Waals surface area contributed by atoms with E-state index >= 15 is 0 Å². The van der Waals surface area contributed by atoms with Crippen LogP contribution in [0.2, 0.25) is 0 Å². The summed E-state index contributed by atoms with van der Waals surface area (Å²) in [6, 6.07) is 8.69. The van der Waals surface area contributed by atoms with Gasteiger partial charge < -0.3 is 5.11 Å². The molecule has 1 atom stereocenters. The van der Waals surface area contributed by atoms with E-state index in [1.807, 2.05) is 0 Å². The highest BCUT2D eigenvalue weighted by Crippen LogP contribution is 2.36. The van der Waals surface area contributed by atoms with Crippen molar-refractivity contribution >= 4 is 10.8 Å². The molecule has 0 aliphatic heterocycles. The molecule has 2 rings (SSSR count). The van der Waals surface area contributed by atoms with E-state index in [0.29, 0.717) is 17.4 Å². The van der Waals surface area contributed by atoms with Gasteiger partial charge in [0.25, 0.3) is 0 Å². The van der Waals surface area contributed by atoms with E-state index in [0.717, 1.165) is 6.07 Å². The first-order chi connectivity index (χ1) is 8.45. The van der Waals surface area contributed by atoms with Crippen molar-refractivity contribution in [3.63, 3.8) is 0 Å². The fraction of sp³-hybridized carbons (Fsp3) is 0.286. The van der Waals surface area contributed by atoms with Gasteiger partial charge in [0.1, 0.15) is 0 Å². The number of fused-ring (bicyclic) bond motifs is 1. The minimum absolute atomic E-state index is 0.134. The lowest BCUT2D eigenvalue weighted by molar-refractivity contribution is -0.136. The minimum Gasteiger partial charge on any atom is -0.388 e. The van der Waals surface area contributed by atoms with E-state index in [-0.39, 0.29) is 5.39 Å². The van der Waals surface area contributed by atoms with Crippen LogP contribution in [0, 0.1) is 0 Å². The summed E-state index contributed by atoms with van der Waals surface area (Å²) >= 11 is 0. The van der Waals surface area contributed by atoms with Gasteiger partial charge in [-0.05, 0) is 28.8 Å².